The molecule has 3 aromatic carbocycles. The number of nitrogens with zero attached hydrogens (tertiary/aromatic N) is 5. The Labute approximate surface area is 294 Å². The third-order valence-electron chi connectivity index (χ3n) is 7.91. The van der Waals surface area contributed by atoms with E-state index >= 15 is 0 Å². The predicted molar refractivity (Wildman–Crippen MR) is 192 cm³/mol. The van der Waals surface area contributed by atoms with Crippen LogP contribution in [0.3, 0.4) is 0 Å². The summed E-state index contributed by atoms with van der Waals surface area (Å²) in [5, 5.41) is 10.8. The number of pyridine rings is 2. The van der Waals surface area contributed by atoms with Crippen molar-refractivity contribution in [2.75, 3.05) is 25.5 Å². The highest BCUT2D eigenvalue weighted by Crippen LogP contribution is 2.31. The maximum Gasteiger partial charge on any atom is 0.410 e. The molecule has 0 bridgehead atoms. The lowest BCUT2D eigenvalue weighted by Gasteiger charge is -2.27. The van der Waals surface area contributed by atoms with Gasteiger partial charge in [0, 0.05) is 71.6 Å². The van der Waals surface area contributed by atoms with Crippen molar-refractivity contribution in [3.05, 3.63) is 113 Å². The number of amides is 1. The molecule has 0 unspecified atom stereocenters. The third kappa shape index (κ3) is 8.18. The fourth-order valence-electron chi connectivity index (χ4n) is 5.53. The Morgan fingerprint density at radius 1 is 0.940 bits per heavy atom. The molecule has 1 N–H and O–H groups in total. The number of carbonyl (C=O) groups is 2. The molecule has 256 valence electrons. The SMILES string of the molecule is COC(=O)c1ccc2c(c1)nc(NCCc1nc(CCN(Cc3ccc(-c4ccccc4)c(Cl)c3)C(=O)OC(C)(C)C)no1)c1ccncc12. The Kier molecular flexibility index (Phi) is 10.2. The minimum atomic E-state index is -0.665. The molecule has 0 saturated heterocycles. The molecular weight excluding hydrogens is 656 g/mol. The summed E-state index contributed by atoms with van der Waals surface area (Å²) >= 11 is 6.67. The van der Waals surface area contributed by atoms with Crippen LogP contribution in [0.15, 0.2) is 89.7 Å². The second kappa shape index (κ2) is 14.9. The fraction of sp³-hybridized carbons (Fsp3) is 0.263. The van der Waals surface area contributed by atoms with Crippen LogP contribution in [0.4, 0.5) is 10.6 Å². The number of rotatable bonds is 11. The van der Waals surface area contributed by atoms with Gasteiger partial charge in [-0.1, -0.05) is 65.3 Å². The molecule has 12 heteroatoms. The molecule has 0 aliphatic carbocycles. The molecule has 0 atom stereocenters. The summed E-state index contributed by atoms with van der Waals surface area (Å²) in [5.41, 5.74) is 3.19. The van der Waals surface area contributed by atoms with Crippen molar-refractivity contribution in [2.24, 2.45) is 0 Å². The lowest BCUT2D eigenvalue weighted by molar-refractivity contribution is 0.0234. The van der Waals surface area contributed by atoms with E-state index in [0.29, 0.717) is 66.1 Å². The summed E-state index contributed by atoms with van der Waals surface area (Å²) in [6.07, 6.45) is 3.84. The Balaban J connectivity index is 1.12. The van der Waals surface area contributed by atoms with E-state index in [9.17, 15) is 9.59 Å². The first-order chi connectivity index (χ1) is 24.1. The molecule has 6 aromatic rings. The van der Waals surface area contributed by atoms with Gasteiger partial charge in [-0.25, -0.2) is 14.6 Å². The normalized spacial score (nSPS) is 11.5. The lowest BCUT2D eigenvalue weighted by atomic mass is 10.0. The number of aromatic nitrogens is 4. The molecule has 0 fully saturated rings. The number of anilines is 1. The van der Waals surface area contributed by atoms with Gasteiger partial charge >= 0.3 is 12.1 Å². The van der Waals surface area contributed by atoms with E-state index in [1.807, 2.05) is 81.4 Å². The number of esters is 1. The fourth-order valence-corrected chi connectivity index (χ4v) is 5.85. The van der Waals surface area contributed by atoms with Crippen molar-refractivity contribution in [3.8, 4) is 11.1 Å². The number of hydrogen-bond acceptors (Lipinski definition) is 10. The van der Waals surface area contributed by atoms with E-state index in [-0.39, 0.29) is 0 Å². The van der Waals surface area contributed by atoms with Crippen LogP contribution in [-0.2, 0) is 28.9 Å². The van der Waals surface area contributed by atoms with Crippen LogP contribution in [0.1, 0.15) is 48.4 Å². The molecular formula is C38H37ClN6O5. The van der Waals surface area contributed by atoms with Crippen LogP contribution in [0, 0.1) is 0 Å². The van der Waals surface area contributed by atoms with Gasteiger partial charge in [0.15, 0.2) is 5.82 Å². The van der Waals surface area contributed by atoms with Gasteiger partial charge < -0.3 is 24.2 Å². The molecule has 50 heavy (non-hydrogen) atoms. The van der Waals surface area contributed by atoms with Crippen LogP contribution >= 0.6 is 11.6 Å². The van der Waals surface area contributed by atoms with Crippen molar-refractivity contribution in [1.82, 2.24) is 25.0 Å². The summed E-state index contributed by atoms with van der Waals surface area (Å²) in [5.74, 6) is 1.13. The zero-order valence-corrected chi connectivity index (χ0v) is 29.0. The number of methoxy groups -OCH3 is 1. The average Bonchev–Trinajstić information content (AvgIpc) is 3.56. The van der Waals surface area contributed by atoms with Gasteiger partial charge in [0.05, 0.1) is 18.2 Å². The number of benzene rings is 3. The van der Waals surface area contributed by atoms with E-state index in [2.05, 4.69) is 20.4 Å². The van der Waals surface area contributed by atoms with Crippen molar-refractivity contribution >= 4 is 51.2 Å². The highest BCUT2D eigenvalue weighted by molar-refractivity contribution is 6.33. The van der Waals surface area contributed by atoms with E-state index in [1.165, 1.54) is 7.11 Å². The van der Waals surface area contributed by atoms with Crippen LogP contribution < -0.4 is 5.32 Å². The lowest BCUT2D eigenvalue weighted by Crippen LogP contribution is -2.37. The van der Waals surface area contributed by atoms with E-state index in [1.54, 1.807) is 29.4 Å². The summed E-state index contributed by atoms with van der Waals surface area (Å²) in [4.78, 5) is 40.6. The molecule has 0 aliphatic heterocycles. The molecule has 11 nitrogen and oxygen atoms in total. The number of nitrogens with one attached hydrogen (secondary N) is 1. The van der Waals surface area contributed by atoms with Crippen LogP contribution in [0.25, 0.3) is 32.8 Å². The van der Waals surface area contributed by atoms with Gasteiger partial charge in [0.1, 0.15) is 11.4 Å². The van der Waals surface area contributed by atoms with Crippen molar-refractivity contribution < 1.29 is 23.6 Å². The first-order valence-electron chi connectivity index (χ1n) is 16.2. The van der Waals surface area contributed by atoms with Crippen LogP contribution in [0.2, 0.25) is 5.02 Å². The molecule has 3 heterocycles. The summed E-state index contributed by atoms with van der Waals surface area (Å²) in [6.45, 7) is 6.56. The van der Waals surface area contributed by atoms with Gasteiger partial charge in [0.2, 0.25) is 5.89 Å². The molecule has 3 aromatic heterocycles. The summed E-state index contributed by atoms with van der Waals surface area (Å²) < 4.78 is 16.1. The maximum atomic E-state index is 13.2. The second-order valence-corrected chi connectivity index (χ2v) is 13.1. The molecule has 6 rings (SSSR count). The van der Waals surface area contributed by atoms with Crippen molar-refractivity contribution in [1.29, 1.82) is 0 Å². The number of carbonyl (C=O) groups excluding carboxylic acids is 2. The summed E-state index contributed by atoms with van der Waals surface area (Å²) in [7, 11) is 1.35. The topological polar surface area (TPSA) is 133 Å². The van der Waals surface area contributed by atoms with Gasteiger partial charge in [0.25, 0.3) is 0 Å². The van der Waals surface area contributed by atoms with Crippen LogP contribution in [-0.4, -0.2) is 62.9 Å². The Morgan fingerprint density at radius 2 is 1.76 bits per heavy atom. The first-order valence-corrected chi connectivity index (χ1v) is 16.6. The molecule has 0 spiro atoms. The summed E-state index contributed by atoms with van der Waals surface area (Å²) in [6, 6.07) is 22.9. The van der Waals surface area contributed by atoms with Gasteiger partial charge in [-0.15, -0.1) is 0 Å². The minimum Gasteiger partial charge on any atom is -0.465 e. The third-order valence-corrected chi connectivity index (χ3v) is 8.22. The van der Waals surface area contributed by atoms with Crippen molar-refractivity contribution in [2.45, 2.75) is 45.8 Å². The monoisotopic (exact) mass is 692 g/mol. The molecule has 0 saturated carbocycles. The van der Waals surface area contributed by atoms with Crippen LogP contribution in [0.5, 0.6) is 0 Å². The number of hydrogen-bond donors (Lipinski definition) is 1. The highest BCUT2D eigenvalue weighted by atomic mass is 35.5. The number of ether oxygens (including phenoxy) is 2. The van der Waals surface area contributed by atoms with Gasteiger partial charge in [-0.2, -0.15) is 4.98 Å². The van der Waals surface area contributed by atoms with E-state index in [0.717, 1.165) is 32.8 Å². The number of halogens is 1. The van der Waals surface area contributed by atoms with Gasteiger partial charge in [-0.3, -0.25) is 4.98 Å². The molecule has 1 amide bonds. The molecule has 0 aliphatic rings. The second-order valence-electron chi connectivity index (χ2n) is 12.7. The maximum absolute atomic E-state index is 13.2. The zero-order chi connectivity index (χ0) is 35.3. The largest absolute Gasteiger partial charge is 0.465 e. The van der Waals surface area contributed by atoms with Crippen molar-refractivity contribution in [3.63, 3.8) is 0 Å². The standard InChI is InChI=1S/C38H37ClN6O5/c1-38(2,3)49-37(47)45(23-24-10-12-27(31(39)20-24)25-8-6-5-7-9-25)19-16-33-43-34(50-44-33)15-18-41-35-29-14-17-40-22-30(29)28-13-11-26(36(46)48-4)21-32(28)42-35/h5-14,17,20-22H,15-16,18-19,23H2,1-4H3,(H,41,42). The minimum absolute atomic E-state index is 0.293. The Hall–Kier alpha value is -5.55. The van der Waals surface area contributed by atoms with Gasteiger partial charge in [-0.05, 0) is 56.2 Å². The zero-order valence-electron chi connectivity index (χ0n) is 28.3. The average molecular weight is 693 g/mol. The quantitative estimate of drug-likeness (QED) is 0.105. The first kappa shape index (κ1) is 34.3. The van der Waals surface area contributed by atoms with E-state index < -0.39 is 17.7 Å². The predicted octanol–water partition coefficient (Wildman–Crippen LogP) is 7.91. The van der Waals surface area contributed by atoms with E-state index in [4.69, 9.17) is 30.6 Å². The Bertz CT molecular complexity index is 2150. The number of fused-ring (bicyclic) bond motifs is 3. The smallest absolute Gasteiger partial charge is 0.410 e. The molecule has 0 radical (unpaired) electrons. The Morgan fingerprint density at radius 3 is 2.52 bits per heavy atom. The highest BCUT2D eigenvalue weighted by Gasteiger charge is 2.23.